The number of sulfonamides is 1. The third kappa shape index (κ3) is 3.08. The van der Waals surface area contributed by atoms with Crippen LogP contribution in [0.3, 0.4) is 0 Å². The van der Waals surface area contributed by atoms with Crippen molar-refractivity contribution in [3.8, 4) is 5.75 Å². The molecule has 0 saturated heterocycles. The van der Waals surface area contributed by atoms with Crippen molar-refractivity contribution in [2.24, 2.45) is 5.73 Å². The lowest BCUT2D eigenvalue weighted by Crippen LogP contribution is -2.32. The maximum atomic E-state index is 12.2. The van der Waals surface area contributed by atoms with Crippen LogP contribution in [0.25, 0.3) is 0 Å². The normalized spacial score (nSPS) is 20.5. The van der Waals surface area contributed by atoms with E-state index in [0.717, 1.165) is 12.0 Å². The van der Waals surface area contributed by atoms with E-state index in [0.29, 0.717) is 18.8 Å². The van der Waals surface area contributed by atoms with E-state index in [4.69, 9.17) is 10.5 Å². The van der Waals surface area contributed by atoms with Crippen LogP contribution >= 0.6 is 0 Å². The lowest BCUT2D eigenvalue weighted by atomic mass is 10.0. The summed E-state index contributed by atoms with van der Waals surface area (Å²) < 4.78 is 32.5. The lowest BCUT2D eigenvalue weighted by molar-refractivity contribution is 0.268. The minimum Gasteiger partial charge on any atom is -0.493 e. The third-order valence-electron chi connectivity index (χ3n) is 3.35. The van der Waals surface area contributed by atoms with Gasteiger partial charge in [-0.05, 0) is 31.5 Å². The Labute approximate surface area is 114 Å². The highest BCUT2D eigenvalue weighted by Crippen LogP contribution is 2.32. The highest BCUT2D eigenvalue weighted by molar-refractivity contribution is 7.89. The van der Waals surface area contributed by atoms with Crippen molar-refractivity contribution in [3.63, 3.8) is 0 Å². The SMILES string of the molecule is CCC(C)NS(=O)(=O)c1ccc2c(c1)C(N)CCO2. The van der Waals surface area contributed by atoms with Gasteiger partial charge in [0.2, 0.25) is 10.0 Å². The molecule has 2 atom stereocenters. The minimum absolute atomic E-state index is 0.0917. The van der Waals surface area contributed by atoms with E-state index in [1.54, 1.807) is 18.2 Å². The van der Waals surface area contributed by atoms with Gasteiger partial charge in [-0.1, -0.05) is 6.92 Å². The molecule has 2 rings (SSSR count). The van der Waals surface area contributed by atoms with Gasteiger partial charge in [0.05, 0.1) is 11.5 Å². The van der Waals surface area contributed by atoms with Gasteiger partial charge in [-0.3, -0.25) is 0 Å². The van der Waals surface area contributed by atoms with Crippen LogP contribution in [0.15, 0.2) is 23.1 Å². The van der Waals surface area contributed by atoms with E-state index < -0.39 is 10.0 Å². The zero-order chi connectivity index (χ0) is 14.0. The molecular weight excluding hydrogens is 264 g/mol. The molecule has 0 amide bonds. The van der Waals surface area contributed by atoms with Gasteiger partial charge in [-0.25, -0.2) is 13.1 Å². The Bertz CT molecular complexity index is 557. The molecule has 2 unspecified atom stereocenters. The summed E-state index contributed by atoms with van der Waals surface area (Å²) in [6, 6.07) is 4.60. The Morgan fingerprint density at radius 2 is 2.26 bits per heavy atom. The molecule has 1 aromatic rings. The molecular formula is C13H20N2O3S. The van der Waals surface area contributed by atoms with Crippen molar-refractivity contribution in [1.29, 1.82) is 0 Å². The minimum atomic E-state index is -3.49. The number of benzene rings is 1. The predicted molar refractivity (Wildman–Crippen MR) is 73.6 cm³/mol. The van der Waals surface area contributed by atoms with Crippen molar-refractivity contribution in [2.45, 2.75) is 43.7 Å². The summed E-state index contributed by atoms with van der Waals surface area (Å²) in [4.78, 5) is 0.243. The first-order valence-corrected chi connectivity index (χ1v) is 7.97. The summed E-state index contributed by atoms with van der Waals surface area (Å²) in [5, 5.41) is 0. The zero-order valence-corrected chi connectivity index (χ0v) is 12.0. The first-order valence-electron chi connectivity index (χ1n) is 6.48. The van der Waals surface area contributed by atoms with Crippen molar-refractivity contribution in [3.05, 3.63) is 23.8 Å². The molecule has 0 aromatic heterocycles. The van der Waals surface area contributed by atoms with Crippen LogP contribution in [0.5, 0.6) is 5.75 Å². The second-order valence-corrected chi connectivity index (χ2v) is 6.59. The first kappa shape index (κ1) is 14.3. The number of ether oxygens (including phenoxy) is 1. The van der Waals surface area contributed by atoms with Gasteiger partial charge in [0.15, 0.2) is 0 Å². The van der Waals surface area contributed by atoms with E-state index in [1.807, 2.05) is 13.8 Å². The van der Waals surface area contributed by atoms with Gasteiger partial charge in [-0.15, -0.1) is 0 Å². The van der Waals surface area contributed by atoms with Gasteiger partial charge < -0.3 is 10.5 Å². The lowest BCUT2D eigenvalue weighted by Gasteiger charge is -2.23. The average Bonchev–Trinajstić information content (AvgIpc) is 2.38. The fourth-order valence-corrected chi connectivity index (χ4v) is 3.34. The van der Waals surface area contributed by atoms with Crippen molar-refractivity contribution < 1.29 is 13.2 Å². The molecule has 0 aliphatic carbocycles. The molecule has 1 heterocycles. The Morgan fingerprint density at radius 3 is 2.95 bits per heavy atom. The summed E-state index contributed by atoms with van der Waals surface area (Å²) in [5.74, 6) is 0.682. The quantitative estimate of drug-likeness (QED) is 0.879. The zero-order valence-electron chi connectivity index (χ0n) is 11.2. The molecule has 0 saturated carbocycles. The Morgan fingerprint density at radius 1 is 1.53 bits per heavy atom. The largest absolute Gasteiger partial charge is 0.493 e. The summed E-state index contributed by atoms with van der Waals surface area (Å²) in [7, 11) is -3.49. The van der Waals surface area contributed by atoms with E-state index >= 15 is 0 Å². The second kappa shape index (κ2) is 5.48. The maximum absolute atomic E-state index is 12.2. The Balaban J connectivity index is 2.33. The van der Waals surface area contributed by atoms with Gasteiger partial charge >= 0.3 is 0 Å². The summed E-state index contributed by atoms with van der Waals surface area (Å²) in [6.45, 7) is 4.35. The number of nitrogens with one attached hydrogen (secondary N) is 1. The predicted octanol–water partition coefficient (Wildman–Crippen LogP) is 1.55. The topological polar surface area (TPSA) is 81.4 Å². The van der Waals surface area contributed by atoms with Crippen LogP contribution < -0.4 is 15.2 Å². The molecule has 0 spiro atoms. The summed E-state index contributed by atoms with van der Waals surface area (Å²) >= 11 is 0. The van der Waals surface area contributed by atoms with Gasteiger partial charge in [0.25, 0.3) is 0 Å². The fourth-order valence-electron chi connectivity index (χ4n) is 1.98. The van der Waals surface area contributed by atoms with E-state index in [9.17, 15) is 8.42 Å². The molecule has 6 heteroatoms. The van der Waals surface area contributed by atoms with E-state index in [1.165, 1.54) is 0 Å². The van der Waals surface area contributed by atoms with Crippen molar-refractivity contribution in [2.75, 3.05) is 6.61 Å². The van der Waals surface area contributed by atoms with Crippen molar-refractivity contribution >= 4 is 10.0 Å². The van der Waals surface area contributed by atoms with E-state index in [2.05, 4.69) is 4.72 Å². The van der Waals surface area contributed by atoms with Crippen LogP contribution in [0.2, 0.25) is 0 Å². The molecule has 1 aromatic carbocycles. The standard InChI is InChI=1S/C13H20N2O3S/c1-3-9(2)15-19(16,17)10-4-5-13-11(8-10)12(14)6-7-18-13/h4-5,8-9,12,15H,3,6-7,14H2,1-2H3. The maximum Gasteiger partial charge on any atom is 0.240 e. The monoisotopic (exact) mass is 284 g/mol. The fraction of sp³-hybridized carbons (Fsp3) is 0.538. The molecule has 106 valence electrons. The number of hydrogen-bond donors (Lipinski definition) is 2. The molecule has 1 aliphatic heterocycles. The van der Waals surface area contributed by atoms with Crippen molar-refractivity contribution in [1.82, 2.24) is 4.72 Å². The van der Waals surface area contributed by atoms with Gasteiger partial charge in [-0.2, -0.15) is 0 Å². The van der Waals surface area contributed by atoms with Crippen LogP contribution in [0.4, 0.5) is 0 Å². The molecule has 5 nitrogen and oxygen atoms in total. The first-order chi connectivity index (χ1) is 8.94. The van der Waals surface area contributed by atoms with Gasteiger partial charge in [0.1, 0.15) is 5.75 Å². The smallest absolute Gasteiger partial charge is 0.240 e. The number of hydrogen-bond acceptors (Lipinski definition) is 4. The van der Waals surface area contributed by atoms with Crippen LogP contribution in [-0.4, -0.2) is 21.1 Å². The third-order valence-corrected chi connectivity index (χ3v) is 4.93. The number of rotatable bonds is 4. The molecule has 3 N–H and O–H groups in total. The molecule has 1 aliphatic rings. The Kier molecular flexibility index (Phi) is 4.13. The second-order valence-electron chi connectivity index (χ2n) is 4.87. The molecule has 0 bridgehead atoms. The summed E-state index contributed by atoms with van der Waals surface area (Å²) in [6.07, 6.45) is 1.45. The molecule has 0 fully saturated rings. The van der Waals surface area contributed by atoms with Crippen LogP contribution in [-0.2, 0) is 10.0 Å². The Hall–Kier alpha value is -1.11. The molecule has 0 radical (unpaired) electrons. The number of nitrogens with two attached hydrogens (primary N) is 1. The highest BCUT2D eigenvalue weighted by Gasteiger charge is 2.23. The average molecular weight is 284 g/mol. The number of fused-ring (bicyclic) bond motifs is 1. The van der Waals surface area contributed by atoms with Crippen LogP contribution in [0.1, 0.15) is 38.3 Å². The highest BCUT2D eigenvalue weighted by atomic mass is 32.2. The summed E-state index contributed by atoms with van der Waals surface area (Å²) in [5.41, 5.74) is 6.75. The molecule has 19 heavy (non-hydrogen) atoms. The van der Waals surface area contributed by atoms with Gasteiger partial charge in [0, 0.05) is 24.1 Å². The van der Waals surface area contributed by atoms with E-state index in [-0.39, 0.29) is 17.0 Å². The van der Waals surface area contributed by atoms with Crippen LogP contribution in [0, 0.1) is 0 Å².